The van der Waals surface area contributed by atoms with Gasteiger partial charge < -0.3 is 24.9 Å². The van der Waals surface area contributed by atoms with Crippen LogP contribution in [0.3, 0.4) is 0 Å². The van der Waals surface area contributed by atoms with Crippen LogP contribution >= 0.6 is 27.3 Å². The molecule has 1 N–H and O–H groups in total. The van der Waals surface area contributed by atoms with Crippen molar-refractivity contribution in [3.05, 3.63) is 36.8 Å². The number of esters is 2. The first-order valence-corrected chi connectivity index (χ1v) is 9.27. The summed E-state index contributed by atoms with van der Waals surface area (Å²) in [7, 11) is 2.39. The number of halogens is 1. The number of anilines is 1. The minimum absolute atomic E-state index is 0.0683. The molecule has 0 bridgehead atoms. The third-order valence-electron chi connectivity index (χ3n) is 3.60. The van der Waals surface area contributed by atoms with Crippen molar-refractivity contribution in [3.8, 4) is 0 Å². The Bertz CT molecular complexity index is 953. The Hall–Kier alpha value is -2.80. The second kappa shape index (κ2) is 8.93. The Morgan fingerprint density at radius 3 is 2.50 bits per heavy atom. The van der Waals surface area contributed by atoms with E-state index in [-0.39, 0.29) is 38.7 Å². The van der Waals surface area contributed by atoms with Crippen LogP contribution < -0.4 is 5.32 Å². The molecular weight excluding hydrogens is 460 g/mol. The van der Waals surface area contributed by atoms with Gasteiger partial charge in [-0.1, -0.05) is 0 Å². The summed E-state index contributed by atoms with van der Waals surface area (Å²) in [5, 5.41) is 17.3. The minimum atomic E-state index is -0.703. The molecule has 13 heteroatoms. The molecule has 0 aliphatic carbocycles. The average Bonchev–Trinajstić information content (AvgIpc) is 3.18. The molecule has 0 spiro atoms. The molecule has 0 aliphatic rings. The van der Waals surface area contributed by atoms with Crippen LogP contribution in [0.5, 0.6) is 0 Å². The second-order valence-corrected chi connectivity index (χ2v) is 7.24. The van der Waals surface area contributed by atoms with Gasteiger partial charge in [0.25, 0.3) is 0 Å². The molecule has 0 fully saturated rings. The van der Waals surface area contributed by atoms with Crippen LogP contribution in [-0.4, -0.2) is 46.8 Å². The molecule has 2 heterocycles. The molecule has 0 atom stereocenters. The Labute approximate surface area is 170 Å². The van der Waals surface area contributed by atoms with Crippen molar-refractivity contribution >= 4 is 55.9 Å². The number of aromatic nitrogens is 2. The lowest BCUT2D eigenvalue weighted by molar-refractivity contribution is -0.390. The van der Waals surface area contributed by atoms with Gasteiger partial charge in [-0.05, 0) is 33.3 Å². The second-order valence-electron chi connectivity index (χ2n) is 5.36. The first kappa shape index (κ1) is 21.5. The van der Waals surface area contributed by atoms with E-state index < -0.39 is 22.8 Å². The Morgan fingerprint density at radius 2 is 1.96 bits per heavy atom. The monoisotopic (exact) mass is 474 g/mol. The van der Waals surface area contributed by atoms with Gasteiger partial charge in [0, 0.05) is 6.42 Å². The number of hydrogen-bond donors (Lipinski definition) is 1. The maximum Gasteiger partial charge on any atom is 0.404 e. The van der Waals surface area contributed by atoms with Gasteiger partial charge in [-0.2, -0.15) is 4.68 Å². The summed E-state index contributed by atoms with van der Waals surface area (Å²) in [6.45, 7) is 1.62. The zero-order valence-electron chi connectivity index (χ0n) is 15.0. The summed E-state index contributed by atoms with van der Waals surface area (Å²) in [4.78, 5) is 46.5. The predicted molar refractivity (Wildman–Crippen MR) is 102 cm³/mol. The van der Waals surface area contributed by atoms with E-state index in [0.29, 0.717) is 5.56 Å². The largest absolute Gasteiger partial charge is 0.465 e. The number of nitrogens with zero attached hydrogens (tertiary/aromatic N) is 3. The summed E-state index contributed by atoms with van der Waals surface area (Å²) >= 11 is 3.92. The Balaban J connectivity index is 2.16. The van der Waals surface area contributed by atoms with Crippen LogP contribution in [0, 0.1) is 17.0 Å². The van der Waals surface area contributed by atoms with Crippen molar-refractivity contribution in [2.75, 3.05) is 19.5 Å². The summed E-state index contributed by atoms with van der Waals surface area (Å²) in [6, 6.07) is 0. The fraction of sp³-hybridized carbons (Fsp3) is 0.333. The highest BCUT2D eigenvalue weighted by atomic mass is 79.9. The zero-order chi connectivity index (χ0) is 21.0. The first-order chi connectivity index (χ1) is 13.2. The van der Waals surface area contributed by atoms with E-state index in [4.69, 9.17) is 4.74 Å². The normalized spacial score (nSPS) is 10.4. The summed E-state index contributed by atoms with van der Waals surface area (Å²) in [5.41, 5.74) is 0.407. The summed E-state index contributed by atoms with van der Waals surface area (Å²) in [6.07, 6.45) is 1.31. The fourth-order valence-electron chi connectivity index (χ4n) is 2.27. The summed E-state index contributed by atoms with van der Waals surface area (Å²) < 4.78 is 10.8. The van der Waals surface area contributed by atoms with Gasteiger partial charge in [0.05, 0.1) is 37.6 Å². The molecule has 0 radical (unpaired) electrons. The third kappa shape index (κ3) is 4.54. The van der Waals surface area contributed by atoms with Crippen molar-refractivity contribution < 1.29 is 28.8 Å². The van der Waals surface area contributed by atoms with Crippen molar-refractivity contribution in [2.45, 2.75) is 19.9 Å². The average molecular weight is 475 g/mol. The quantitative estimate of drug-likeness (QED) is 0.366. The van der Waals surface area contributed by atoms with Gasteiger partial charge in [0.15, 0.2) is 0 Å². The highest BCUT2D eigenvalue weighted by molar-refractivity contribution is 9.10. The molecule has 1 amide bonds. The standard InChI is InChI=1S/C15H15BrN4O7S/c1-7-10(14(22)26-2)13(28-11(7)15(23)27-3)17-9(21)4-5-19-6-8(16)12(18-19)20(24)25/h6H,4-5H2,1-3H3,(H,17,21). The van der Waals surface area contributed by atoms with Crippen molar-refractivity contribution in [2.24, 2.45) is 0 Å². The first-order valence-electron chi connectivity index (χ1n) is 7.66. The van der Waals surface area contributed by atoms with E-state index in [1.165, 1.54) is 25.1 Å². The van der Waals surface area contributed by atoms with E-state index in [0.717, 1.165) is 11.3 Å². The molecule has 2 aromatic rings. The minimum Gasteiger partial charge on any atom is -0.465 e. The Kier molecular flexibility index (Phi) is 6.85. The van der Waals surface area contributed by atoms with Gasteiger partial charge in [-0.15, -0.1) is 11.3 Å². The predicted octanol–water partition coefficient (Wildman–Crippen LogP) is 2.53. The van der Waals surface area contributed by atoms with E-state index in [1.807, 2.05) is 0 Å². The Morgan fingerprint density at radius 1 is 1.32 bits per heavy atom. The number of nitrogens with one attached hydrogen (secondary N) is 1. The van der Waals surface area contributed by atoms with Crippen LogP contribution in [0.2, 0.25) is 0 Å². The molecular formula is C15H15BrN4O7S. The van der Waals surface area contributed by atoms with Crippen molar-refractivity contribution in [3.63, 3.8) is 0 Å². The fourth-order valence-corrected chi connectivity index (χ4v) is 3.86. The highest BCUT2D eigenvalue weighted by Crippen LogP contribution is 2.34. The van der Waals surface area contributed by atoms with Gasteiger partial charge in [0.1, 0.15) is 14.4 Å². The van der Waals surface area contributed by atoms with Crippen LogP contribution in [-0.2, 0) is 20.8 Å². The van der Waals surface area contributed by atoms with Crippen molar-refractivity contribution in [1.29, 1.82) is 0 Å². The number of aryl methyl sites for hydroxylation is 1. The molecule has 0 unspecified atom stereocenters. The van der Waals surface area contributed by atoms with Crippen LogP contribution in [0.1, 0.15) is 32.0 Å². The van der Waals surface area contributed by atoms with E-state index in [9.17, 15) is 24.5 Å². The lowest BCUT2D eigenvalue weighted by Crippen LogP contribution is -2.16. The van der Waals surface area contributed by atoms with E-state index >= 15 is 0 Å². The topological polar surface area (TPSA) is 143 Å². The number of amides is 1. The van der Waals surface area contributed by atoms with Gasteiger partial charge in [-0.25, -0.2) is 9.59 Å². The number of thiophene rings is 1. The number of rotatable bonds is 7. The molecule has 2 aromatic heterocycles. The molecule has 0 aliphatic heterocycles. The number of carbonyl (C=O) groups excluding carboxylic acids is 3. The maximum atomic E-state index is 12.3. The number of methoxy groups -OCH3 is 2. The molecule has 0 aromatic carbocycles. The van der Waals surface area contributed by atoms with Gasteiger partial charge >= 0.3 is 17.8 Å². The van der Waals surface area contributed by atoms with Crippen LogP contribution in [0.4, 0.5) is 10.8 Å². The molecule has 11 nitrogen and oxygen atoms in total. The maximum absolute atomic E-state index is 12.3. The molecule has 150 valence electrons. The SMILES string of the molecule is COC(=O)c1sc(NC(=O)CCn2cc(Br)c([N+](=O)[O-])n2)c(C(=O)OC)c1C. The molecule has 2 rings (SSSR count). The number of ether oxygens (including phenoxy) is 2. The highest BCUT2D eigenvalue weighted by Gasteiger charge is 2.27. The molecule has 0 saturated carbocycles. The van der Waals surface area contributed by atoms with Gasteiger partial charge in [-0.3, -0.25) is 4.79 Å². The van der Waals surface area contributed by atoms with E-state index in [2.05, 4.69) is 31.1 Å². The van der Waals surface area contributed by atoms with Crippen LogP contribution in [0.25, 0.3) is 0 Å². The van der Waals surface area contributed by atoms with Crippen molar-refractivity contribution in [1.82, 2.24) is 9.78 Å². The van der Waals surface area contributed by atoms with Gasteiger partial charge in [0.2, 0.25) is 5.91 Å². The lowest BCUT2D eigenvalue weighted by Gasteiger charge is -2.05. The molecule has 0 saturated heterocycles. The number of hydrogen-bond acceptors (Lipinski definition) is 9. The smallest absolute Gasteiger partial charge is 0.404 e. The zero-order valence-corrected chi connectivity index (χ0v) is 17.4. The number of nitro groups is 1. The third-order valence-corrected chi connectivity index (χ3v) is 5.35. The molecule has 28 heavy (non-hydrogen) atoms. The number of carbonyl (C=O) groups is 3. The summed E-state index contributed by atoms with van der Waals surface area (Å²) in [5.74, 6) is -2.17. The lowest BCUT2D eigenvalue weighted by atomic mass is 10.1. The van der Waals surface area contributed by atoms with E-state index in [1.54, 1.807) is 6.92 Å². The van der Waals surface area contributed by atoms with Crippen LogP contribution in [0.15, 0.2) is 10.7 Å².